The molecule has 0 rings (SSSR count). The number of hydrogen-bond donors (Lipinski definition) is 1. The summed E-state index contributed by atoms with van der Waals surface area (Å²) in [4.78, 5) is 0. The maximum absolute atomic E-state index is 12.0. The Balaban J connectivity index is 3.78. The van der Waals surface area contributed by atoms with E-state index in [1.807, 2.05) is 6.92 Å². The molecule has 0 aromatic rings. The van der Waals surface area contributed by atoms with Crippen LogP contribution in [0.25, 0.3) is 0 Å². The molecule has 0 saturated heterocycles. The van der Waals surface area contributed by atoms with E-state index in [1.165, 1.54) is 38.5 Å². The molecular formula is C16H35NO3S. The van der Waals surface area contributed by atoms with Gasteiger partial charge < -0.3 is 5.73 Å². The molecule has 128 valence electrons. The van der Waals surface area contributed by atoms with Gasteiger partial charge in [0.1, 0.15) is 0 Å². The third-order valence-electron chi connectivity index (χ3n) is 3.84. The first-order valence-corrected chi connectivity index (χ1v) is 10.1. The molecule has 5 heteroatoms. The minimum Gasteiger partial charge on any atom is -0.330 e. The van der Waals surface area contributed by atoms with Gasteiger partial charge in [0, 0.05) is 0 Å². The van der Waals surface area contributed by atoms with Crippen LogP contribution in [0.3, 0.4) is 0 Å². The van der Waals surface area contributed by atoms with Crippen molar-refractivity contribution in [1.29, 1.82) is 0 Å². The maximum atomic E-state index is 12.0. The van der Waals surface area contributed by atoms with E-state index in [9.17, 15) is 8.42 Å². The molecule has 1 unspecified atom stereocenters. The van der Waals surface area contributed by atoms with E-state index in [1.54, 1.807) is 0 Å². The second-order valence-corrected chi connectivity index (χ2v) is 7.64. The van der Waals surface area contributed by atoms with Crippen LogP contribution in [0.1, 0.15) is 84.5 Å². The summed E-state index contributed by atoms with van der Waals surface area (Å²) in [7, 11) is -3.40. The van der Waals surface area contributed by atoms with Crippen molar-refractivity contribution in [2.45, 2.75) is 89.7 Å². The van der Waals surface area contributed by atoms with Gasteiger partial charge >= 0.3 is 0 Å². The van der Waals surface area contributed by atoms with Gasteiger partial charge in [0.15, 0.2) is 0 Å². The zero-order chi connectivity index (χ0) is 16.0. The van der Waals surface area contributed by atoms with Crippen LogP contribution in [0.15, 0.2) is 0 Å². The summed E-state index contributed by atoms with van der Waals surface area (Å²) in [5.74, 6) is 0. The molecule has 2 N–H and O–H groups in total. The molecule has 0 aromatic carbocycles. The molecule has 1 atom stereocenters. The molecule has 0 aromatic heterocycles. The van der Waals surface area contributed by atoms with E-state index >= 15 is 0 Å². The lowest BCUT2D eigenvalue weighted by atomic mass is 10.1. The number of rotatable bonds is 15. The number of unbranched alkanes of at least 4 members (excludes halogenated alkanes) is 7. The van der Waals surface area contributed by atoms with Crippen molar-refractivity contribution >= 4 is 10.1 Å². The molecule has 0 spiro atoms. The molecule has 0 heterocycles. The minimum atomic E-state index is -3.40. The van der Waals surface area contributed by atoms with Crippen LogP contribution in [0.4, 0.5) is 0 Å². The van der Waals surface area contributed by atoms with Gasteiger partial charge in [-0.3, -0.25) is 4.18 Å². The van der Waals surface area contributed by atoms with Crippen molar-refractivity contribution in [3.05, 3.63) is 0 Å². The fourth-order valence-corrected chi connectivity index (χ4v) is 3.82. The molecule has 0 fully saturated rings. The Morgan fingerprint density at radius 3 is 2.00 bits per heavy atom. The van der Waals surface area contributed by atoms with E-state index in [-0.39, 0.29) is 11.9 Å². The molecule has 4 nitrogen and oxygen atoms in total. The maximum Gasteiger partial charge on any atom is 0.270 e. The monoisotopic (exact) mass is 321 g/mol. The molecular weight excluding hydrogens is 286 g/mol. The summed E-state index contributed by atoms with van der Waals surface area (Å²) in [6, 6.07) is 0. The summed E-state index contributed by atoms with van der Waals surface area (Å²) in [5.41, 5.74) is 5.35. The second-order valence-electron chi connectivity index (χ2n) is 5.75. The Labute approximate surface area is 132 Å². The first-order valence-electron chi connectivity index (χ1n) is 8.66. The third kappa shape index (κ3) is 11.1. The van der Waals surface area contributed by atoms with Crippen LogP contribution in [-0.4, -0.2) is 26.8 Å². The van der Waals surface area contributed by atoms with Crippen molar-refractivity contribution in [1.82, 2.24) is 0 Å². The zero-order valence-corrected chi connectivity index (χ0v) is 14.8. The van der Waals surface area contributed by atoms with Crippen LogP contribution < -0.4 is 5.73 Å². The predicted molar refractivity (Wildman–Crippen MR) is 89.8 cm³/mol. The van der Waals surface area contributed by atoms with Crippen molar-refractivity contribution < 1.29 is 12.6 Å². The smallest absolute Gasteiger partial charge is 0.270 e. The topological polar surface area (TPSA) is 69.4 Å². The first-order chi connectivity index (χ1) is 10.1. The predicted octanol–water partition coefficient (Wildman–Crippen LogP) is 3.99. The van der Waals surface area contributed by atoms with Crippen LogP contribution in [0.5, 0.6) is 0 Å². The van der Waals surface area contributed by atoms with Gasteiger partial charge in [-0.05, 0) is 25.8 Å². The first kappa shape index (κ1) is 20.9. The van der Waals surface area contributed by atoms with E-state index in [2.05, 4.69) is 6.92 Å². The summed E-state index contributed by atoms with van der Waals surface area (Å²) < 4.78 is 29.1. The highest BCUT2D eigenvalue weighted by Gasteiger charge is 2.23. The lowest BCUT2D eigenvalue weighted by molar-refractivity contribution is 0.305. The van der Waals surface area contributed by atoms with Gasteiger partial charge in [-0.2, -0.15) is 8.42 Å². The van der Waals surface area contributed by atoms with Gasteiger partial charge in [0.05, 0.1) is 11.9 Å². The fourth-order valence-electron chi connectivity index (χ4n) is 2.41. The SMILES string of the molecule is CCCCCCCCCCC(CC)S(=O)(=O)OCCCN. The third-order valence-corrected chi connectivity index (χ3v) is 5.72. The average molecular weight is 322 g/mol. The van der Waals surface area contributed by atoms with E-state index < -0.39 is 10.1 Å². The van der Waals surface area contributed by atoms with E-state index in [4.69, 9.17) is 9.92 Å². The zero-order valence-electron chi connectivity index (χ0n) is 14.0. The Morgan fingerprint density at radius 2 is 1.48 bits per heavy atom. The van der Waals surface area contributed by atoms with Crippen molar-refractivity contribution in [3.63, 3.8) is 0 Å². The van der Waals surface area contributed by atoms with Gasteiger partial charge in [0.25, 0.3) is 10.1 Å². The molecule has 0 aliphatic heterocycles. The molecule has 0 saturated carbocycles. The van der Waals surface area contributed by atoms with Gasteiger partial charge in [-0.25, -0.2) is 0 Å². The summed E-state index contributed by atoms with van der Waals surface area (Å²) in [6.07, 6.45) is 11.8. The lowest BCUT2D eigenvalue weighted by Crippen LogP contribution is -2.24. The Hall–Kier alpha value is -0.130. The largest absolute Gasteiger partial charge is 0.330 e. The van der Waals surface area contributed by atoms with E-state index in [0.29, 0.717) is 19.4 Å². The normalized spacial score (nSPS) is 13.5. The molecule has 0 bridgehead atoms. The molecule has 21 heavy (non-hydrogen) atoms. The summed E-state index contributed by atoms with van der Waals surface area (Å²) >= 11 is 0. The Kier molecular flexibility index (Phi) is 13.4. The Bertz CT molecular complexity index is 317. The summed E-state index contributed by atoms with van der Waals surface area (Å²) in [5, 5.41) is -0.352. The molecule has 0 amide bonds. The van der Waals surface area contributed by atoms with Crippen molar-refractivity contribution in [2.75, 3.05) is 13.2 Å². The van der Waals surface area contributed by atoms with Crippen LogP contribution in [0, 0.1) is 0 Å². The molecule has 0 aliphatic rings. The van der Waals surface area contributed by atoms with Gasteiger partial charge in [-0.15, -0.1) is 0 Å². The number of hydrogen-bond acceptors (Lipinski definition) is 4. The quantitative estimate of drug-likeness (QED) is 0.366. The van der Waals surface area contributed by atoms with E-state index in [0.717, 1.165) is 19.3 Å². The average Bonchev–Trinajstić information content (AvgIpc) is 2.45. The van der Waals surface area contributed by atoms with Crippen LogP contribution >= 0.6 is 0 Å². The van der Waals surface area contributed by atoms with Crippen molar-refractivity contribution in [3.8, 4) is 0 Å². The van der Waals surface area contributed by atoms with Gasteiger partial charge in [0.2, 0.25) is 0 Å². The Morgan fingerprint density at radius 1 is 0.905 bits per heavy atom. The highest BCUT2D eigenvalue weighted by atomic mass is 32.2. The van der Waals surface area contributed by atoms with Crippen LogP contribution in [-0.2, 0) is 14.3 Å². The summed E-state index contributed by atoms with van der Waals surface area (Å²) in [6.45, 7) is 4.82. The number of nitrogens with two attached hydrogens (primary N) is 1. The highest BCUT2D eigenvalue weighted by molar-refractivity contribution is 7.87. The fraction of sp³-hybridized carbons (Fsp3) is 1.00. The minimum absolute atomic E-state index is 0.215. The highest BCUT2D eigenvalue weighted by Crippen LogP contribution is 2.18. The molecule has 0 radical (unpaired) electrons. The van der Waals surface area contributed by atoms with Gasteiger partial charge in [-0.1, -0.05) is 65.2 Å². The second kappa shape index (κ2) is 13.5. The standard InChI is InChI=1S/C16H35NO3S/c1-3-5-6-7-8-9-10-11-13-16(4-2)21(18,19)20-15-12-14-17/h16H,3-15,17H2,1-2H3. The van der Waals surface area contributed by atoms with Crippen molar-refractivity contribution in [2.24, 2.45) is 5.73 Å². The van der Waals surface area contributed by atoms with Crippen LogP contribution in [0.2, 0.25) is 0 Å². The molecule has 0 aliphatic carbocycles. The lowest BCUT2D eigenvalue weighted by Gasteiger charge is -2.15.